The van der Waals surface area contributed by atoms with Crippen molar-refractivity contribution in [3.8, 4) is 0 Å². The average molecular weight is 513 g/mol. The number of halogens is 2. The van der Waals surface area contributed by atoms with Gasteiger partial charge in [0.1, 0.15) is 5.71 Å². The number of aryl methyl sites for hydroxylation is 1. The molecule has 8 heteroatoms. The molecule has 2 aromatic rings. The highest BCUT2D eigenvalue weighted by Crippen LogP contribution is 2.34. The van der Waals surface area contributed by atoms with Crippen LogP contribution < -0.4 is 4.31 Å². The second kappa shape index (κ2) is 11.8. The Kier molecular flexibility index (Phi) is 8.34. The summed E-state index contributed by atoms with van der Waals surface area (Å²) < 4.78 is 33.8. The van der Waals surface area contributed by atoms with E-state index in [1.165, 1.54) is 29.7 Å². The van der Waals surface area contributed by atoms with Crippen LogP contribution in [0, 0.1) is 6.92 Å². The summed E-state index contributed by atoms with van der Waals surface area (Å²) in [5.74, 6) is 0. The number of alkyl halides is 2. The molecule has 192 valence electrons. The predicted molar refractivity (Wildman–Crippen MR) is 144 cm³/mol. The minimum absolute atomic E-state index is 0.120. The van der Waals surface area contributed by atoms with Gasteiger partial charge in [0.25, 0.3) is 6.43 Å². The number of ether oxygens (including phenoxy) is 1. The Morgan fingerprint density at radius 2 is 1.78 bits per heavy atom. The van der Waals surface area contributed by atoms with Crippen LogP contribution >= 0.6 is 11.9 Å². The van der Waals surface area contributed by atoms with E-state index in [1.807, 2.05) is 24.1 Å². The van der Waals surface area contributed by atoms with Gasteiger partial charge in [0.2, 0.25) is 0 Å². The smallest absolute Gasteiger partial charge is 0.278 e. The molecule has 0 atom stereocenters. The molecule has 0 aliphatic carbocycles. The van der Waals surface area contributed by atoms with E-state index in [0.717, 1.165) is 51.3 Å². The van der Waals surface area contributed by atoms with Gasteiger partial charge in [-0.25, -0.2) is 8.78 Å². The molecule has 5 nitrogen and oxygen atoms in total. The zero-order valence-electron chi connectivity index (χ0n) is 20.8. The van der Waals surface area contributed by atoms with Gasteiger partial charge >= 0.3 is 0 Å². The van der Waals surface area contributed by atoms with E-state index in [1.54, 1.807) is 0 Å². The van der Waals surface area contributed by atoms with Gasteiger partial charge in [0.15, 0.2) is 0 Å². The van der Waals surface area contributed by atoms with Crippen LogP contribution in [-0.4, -0.2) is 60.3 Å². The minimum Gasteiger partial charge on any atom is -0.381 e. The molecule has 3 aliphatic heterocycles. The molecule has 36 heavy (non-hydrogen) atoms. The maximum absolute atomic E-state index is 12.9. The molecule has 3 aliphatic rings. The van der Waals surface area contributed by atoms with Gasteiger partial charge in [0.05, 0.1) is 12.3 Å². The zero-order valence-corrected chi connectivity index (χ0v) is 21.6. The van der Waals surface area contributed by atoms with Crippen LogP contribution in [0.15, 0.2) is 58.7 Å². The minimum atomic E-state index is -2.55. The molecule has 0 aromatic heterocycles. The maximum Gasteiger partial charge on any atom is 0.278 e. The second-order valence-electron chi connectivity index (χ2n) is 9.87. The Morgan fingerprint density at radius 3 is 2.44 bits per heavy atom. The first-order valence-electron chi connectivity index (χ1n) is 12.9. The first-order valence-corrected chi connectivity index (χ1v) is 13.7. The quantitative estimate of drug-likeness (QED) is 0.401. The van der Waals surface area contributed by atoms with Gasteiger partial charge in [-0.1, -0.05) is 36.4 Å². The number of anilines is 1. The third-order valence-corrected chi connectivity index (χ3v) is 8.63. The summed E-state index contributed by atoms with van der Waals surface area (Å²) in [6.07, 6.45) is 2.27. The average Bonchev–Trinajstić information content (AvgIpc) is 3.41. The van der Waals surface area contributed by atoms with Crippen LogP contribution in [0.3, 0.4) is 0 Å². The maximum atomic E-state index is 12.9. The summed E-state index contributed by atoms with van der Waals surface area (Å²) in [6, 6.07) is 17.5. The Balaban J connectivity index is 1.23. The fourth-order valence-corrected chi connectivity index (χ4v) is 6.41. The van der Waals surface area contributed by atoms with E-state index in [9.17, 15) is 8.78 Å². The number of benzene rings is 2. The van der Waals surface area contributed by atoms with E-state index >= 15 is 0 Å². The van der Waals surface area contributed by atoms with Crippen molar-refractivity contribution >= 4 is 29.1 Å². The number of likely N-dealkylation sites (tertiary alicyclic amines) is 1. The highest BCUT2D eigenvalue weighted by Gasteiger charge is 2.28. The molecule has 2 fully saturated rings. The van der Waals surface area contributed by atoms with Crippen LogP contribution in [-0.2, 0) is 11.3 Å². The van der Waals surface area contributed by atoms with E-state index in [4.69, 9.17) is 4.74 Å². The van der Waals surface area contributed by atoms with Gasteiger partial charge in [-0.05, 0) is 86.5 Å². The van der Waals surface area contributed by atoms with E-state index in [2.05, 4.69) is 62.7 Å². The highest BCUT2D eigenvalue weighted by atomic mass is 32.2. The van der Waals surface area contributed by atoms with Crippen molar-refractivity contribution in [2.24, 2.45) is 10.2 Å². The van der Waals surface area contributed by atoms with Crippen molar-refractivity contribution in [2.75, 3.05) is 30.6 Å². The number of nitrogens with zero attached hydrogens (tertiary/aromatic N) is 4. The Labute approximate surface area is 216 Å². The fourth-order valence-electron chi connectivity index (χ4n) is 5.16. The molecule has 3 heterocycles. The molecule has 0 amide bonds. The third-order valence-electron chi connectivity index (χ3n) is 7.26. The topological polar surface area (TPSA) is 40.4 Å². The van der Waals surface area contributed by atoms with Crippen molar-refractivity contribution in [3.63, 3.8) is 0 Å². The van der Waals surface area contributed by atoms with E-state index < -0.39 is 6.43 Å². The lowest BCUT2D eigenvalue weighted by Gasteiger charge is -2.40. The third kappa shape index (κ3) is 6.33. The van der Waals surface area contributed by atoms with Crippen molar-refractivity contribution in [3.05, 3.63) is 65.2 Å². The summed E-state index contributed by atoms with van der Waals surface area (Å²) in [7, 11) is 0. The van der Waals surface area contributed by atoms with Crippen LogP contribution in [0.4, 0.5) is 14.5 Å². The fraction of sp³-hybridized carbons (Fsp3) is 0.500. The Morgan fingerprint density at radius 1 is 1.03 bits per heavy atom. The van der Waals surface area contributed by atoms with Crippen LogP contribution in [0.2, 0.25) is 0 Å². The van der Waals surface area contributed by atoms with E-state index in [-0.39, 0.29) is 12.1 Å². The molecular weight excluding hydrogens is 478 g/mol. The summed E-state index contributed by atoms with van der Waals surface area (Å²) >= 11 is 1.96. The SMILES string of the molecule is Cc1cccc(N(Cc2ccc(C3=NN=C(C(F)F)C3)cc2)SC2CCN(C3CCOCC3)CC2)c1. The van der Waals surface area contributed by atoms with Crippen molar-refractivity contribution in [1.82, 2.24) is 4.90 Å². The van der Waals surface area contributed by atoms with Crippen molar-refractivity contribution in [1.29, 1.82) is 0 Å². The molecule has 2 saturated heterocycles. The molecule has 0 unspecified atom stereocenters. The summed E-state index contributed by atoms with van der Waals surface area (Å²) in [6.45, 7) is 7.01. The molecule has 2 aromatic carbocycles. The van der Waals surface area contributed by atoms with Crippen LogP contribution in [0.5, 0.6) is 0 Å². The lowest BCUT2D eigenvalue weighted by molar-refractivity contribution is 0.0280. The van der Waals surface area contributed by atoms with Gasteiger partial charge < -0.3 is 13.9 Å². The largest absolute Gasteiger partial charge is 0.381 e. The molecule has 0 N–H and O–H groups in total. The van der Waals surface area contributed by atoms with Crippen LogP contribution in [0.1, 0.15) is 48.8 Å². The number of hydrogen-bond acceptors (Lipinski definition) is 6. The summed E-state index contributed by atoms with van der Waals surface area (Å²) in [4.78, 5) is 2.67. The molecule has 0 saturated carbocycles. The lowest BCUT2D eigenvalue weighted by Crippen LogP contribution is -2.45. The van der Waals surface area contributed by atoms with Crippen LogP contribution in [0.25, 0.3) is 0 Å². The Hall–Kier alpha value is -2.29. The first kappa shape index (κ1) is 25.4. The van der Waals surface area contributed by atoms with Gasteiger partial charge in [0, 0.05) is 36.6 Å². The lowest BCUT2D eigenvalue weighted by atomic mass is 10.0. The first-order chi connectivity index (χ1) is 17.5. The normalized spacial score (nSPS) is 20.0. The molecule has 5 rings (SSSR count). The molecular formula is C28H34F2N4OS. The number of piperidine rings is 1. The van der Waals surface area contributed by atoms with E-state index in [0.29, 0.717) is 17.0 Å². The number of hydrogen-bond donors (Lipinski definition) is 0. The predicted octanol–water partition coefficient (Wildman–Crippen LogP) is 6.11. The van der Waals surface area contributed by atoms with Gasteiger partial charge in [-0.3, -0.25) is 0 Å². The molecule has 0 spiro atoms. The summed E-state index contributed by atoms with van der Waals surface area (Å²) in [5, 5.41) is 8.20. The summed E-state index contributed by atoms with van der Waals surface area (Å²) in [5.41, 5.74) is 4.95. The van der Waals surface area contributed by atoms with Gasteiger partial charge in [-0.2, -0.15) is 10.2 Å². The zero-order chi connectivity index (χ0) is 24.9. The molecule has 0 bridgehead atoms. The van der Waals surface area contributed by atoms with Crippen molar-refractivity contribution in [2.45, 2.75) is 63.3 Å². The monoisotopic (exact) mass is 512 g/mol. The van der Waals surface area contributed by atoms with Gasteiger partial charge in [-0.15, -0.1) is 0 Å². The Bertz CT molecular complexity index is 1080. The molecule has 0 radical (unpaired) electrons. The highest BCUT2D eigenvalue weighted by molar-refractivity contribution is 8.01. The van der Waals surface area contributed by atoms with Crippen molar-refractivity contribution < 1.29 is 13.5 Å². The standard InChI is InChI=1S/C28H34F2N4OS/c1-20-3-2-4-24(17-20)34(36-25-9-13-33(14-10-25)23-11-15-35-16-12-23)19-21-5-7-22(8-6-21)26-18-27(28(29)30)32-31-26/h2-8,17,23,25,28H,9-16,18-19H2,1H3. The number of rotatable bonds is 8. The second-order valence-corrected chi connectivity index (χ2v) is 11.2.